The third kappa shape index (κ3) is 4.06. The summed E-state index contributed by atoms with van der Waals surface area (Å²) >= 11 is 3.48. The molecule has 3 nitrogen and oxygen atoms in total. The van der Waals surface area contributed by atoms with Crippen molar-refractivity contribution in [3.8, 4) is 0 Å². The number of nitrogens with zero attached hydrogens (tertiary/aromatic N) is 1. The Morgan fingerprint density at radius 1 is 1.26 bits per heavy atom. The van der Waals surface area contributed by atoms with E-state index in [0.29, 0.717) is 5.92 Å². The van der Waals surface area contributed by atoms with Crippen LogP contribution in [0.15, 0.2) is 40.9 Å². The molecule has 124 valence electrons. The van der Waals surface area contributed by atoms with Gasteiger partial charge in [-0.3, -0.25) is 4.79 Å². The van der Waals surface area contributed by atoms with E-state index in [1.165, 1.54) is 0 Å². The molecule has 2 aromatic rings. The standard InChI is InChI=1S/C18H21BrN2O.ClH/c1-12(20)16-3-2-8-21(11-16)18(22)15-5-4-14-10-17(19)7-6-13(14)9-15;/h4-7,9-10,12,16H,2-3,8,11,20H2,1H3;1H. The lowest BCUT2D eigenvalue weighted by Gasteiger charge is -2.34. The molecule has 1 fully saturated rings. The van der Waals surface area contributed by atoms with Crippen molar-refractivity contribution in [2.24, 2.45) is 11.7 Å². The van der Waals surface area contributed by atoms with Gasteiger partial charge in [0.1, 0.15) is 0 Å². The van der Waals surface area contributed by atoms with E-state index in [0.717, 1.165) is 46.7 Å². The maximum absolute atomic E-state index is 12.8. The summed E-state index contributed by atoms with van der Waals surface area (Å²) in [5.41, 5.74) is 6.78. The first-order valence-corrected chi connectivity index (χ1v) is 8.58. The lowest BCUT2D eigenvalue weighted by Crippen LogP contribution is -2.45. The first-order valence-electron chi connectivity index (χ1n) is 7.79. The molecule has 0 spiro atoms. The van der Waals surface area contributed by atoms with Crippen molar-refractivity contribution in [2.45, 2.75) is 25.8 Å². The van der Waals surface area contributed by atoms with Gasteiger partial charge >= 0.3 is 0 Å². The van der Waals surface area contributed by atoms with E-state index in [2.05, 4.69) is 22.0 Å². The molecule has 1 saturated heterocycles. The zero-order valence-electron chi connectivity index (χ0n) is 13.2. The number of piperidine rings is 1. The third-order valence-corrected chi connectivity index (χ3v) is 5.03. The van der Waals surface area contributed by atoms with Crippen LogP contribution in [0.5, 0.6) is 0 Å². The molecule has 2 atom stereocenters. The predicted octanol–water partition coefficient (Wildman–Crippen LogP) is 4.22. The van der Waals surface area contributed by atoms with Gasteiger partial charge in [0.15, 0.2) is 0 Å². The van der Waals surface area contributed by atoms with E-state index < -0.39 is 0 Å². The number of fused-ring (bicyclic) bond motifs is 1. The van der Waals surface area contributed by atoms with Gasteiger partial charge in [-0.25, -0.2) is 0 Å². The van der Waals surface area contributed by atoms with Crippen molar-refractivity contribution < 1.29 is 4.79 Å². The topological polar surface area (TPSA) is 46.3 Å². The van der Waals surface area contributed by atoms with Crippen molar-refractivity contribution in [3.63, 3.8) is 0 Å². The van der Waals surface area contributed by atoms with Gasteiger partial charge in [0.05, 0.1) is 0 Å². The van der Waals surface area contributed by atoms with Crippen LogP contribution < -0.4 is 5.73 Å². The van der Waals surface area contributed by atoms with E-state index in [4.69, 9.17) is 5.73 Å². The zero-order chi connectivity index (χ0) is 15.7. The van der Waals surface area contributed by atoms with Gasteiger partial charge in [-0.1, -0.05) is 28.1 Å². The van der Waals surface area contributed by atoms with Gasteiger partial charge in [0, 0.05) is 29.2 Å². The molecule has 0 saturated carbocycles. The third-order valence-electron chi connectivity index (χ3n) is 4.54. The van der Waals surface area contributed by atoms with Crippen molar-refractivity contribution in [3.05, 3.63) is 46.4 Å². The number of carbonyl (C=O) groups is 1. The highest BCUT2D eigenvalue weighted by molar-refractivity contribution is 9.10. The van der Waals surface area contributed by atoms with Crippen molar-refractivity contribution >= 4 is 45.0 Å². The van der Waals surface area contributed by atoms with E-state index >= 15 is 0 Å². The number of halogens is 2. The lowest BCUT2D eigenvalue weighted by atomic mass is 9.91. The van der Waals surface area contributed by atoms with Crippen LogP contribution in [0, 0.1) is 5.92 Å². The van der Waals surface area contributed by atoms with Crippen LogP contribution in [0.1, 0.15) is 30.1 Å². The summed E-state index contributed by atoms with van der Waals surface area (Å²) in [6.07, 6.45) is 2.16. The normalized spacial score (nSPS) is 19.3. The summed E-state index contributed by atoms with van der Waals surface area (Å²) in [5, 5.41) is 2.23. The smallest absolute Gasteiger partial charge is 0.253 e. The van der Waals surface area contributed by atoms with Crippen molar-refractivity contribution in [1.82, 2.24) is 4.90 Å². The van der Waals surface area contributed by atoms with Crippen molar-refractivity contribution in [2.75, 3.05) is 13.1 Å². The van der Waals surface area contributed by atoms with Crippen molar-refractivity contribution in [1.29, 1.82) is 0 Å². The maximum Gasteiger partial charge on any atom is 0.253 e. The second-order valence-electron chi connectivity index (χ2n) is 6.22. The van der Waals surface area contributed by atoms with Gasteiger partial charge in [0.2, 0.25) is 0 Å². The number of hydrogen-bond acceptors (Lipinski definition) is 2. The van der Waals surface area contributed by atoms with Crippen LogP contribution in [0.4, 0.5) is 0 Å². The van der Waals surface area contributed by atoms with E-state index in [9.17, 15) is 4.79 Å². The minimum atomic E-state index is 0. The van der Waals surface area contributed by atoms with Gasteiger partial charge in [-0.05, 0) is 60.7 Å². The van der Waals surface area contributed by atoms with E-state index in [1.54, 1.807) is 0 Å². The van der Waals surface area contributed by atoms with Crippen LogP contribution in [0.2, 0.25) is 0 Å². The Bertz CT molecular complexity index is 704. The number of amides is 1. The molecule has 2 N–H and O–H groups in total. The molecule has 0 aliphatic carbocycles. The Labute approximate surface area is 151 Å². The molecule has 0 aromatic heterocycles. The largest absolute Gasteiger partial charge is 0.338 e. The quantitative estimate of drug-likeness (QED) is 0.824. The Kier molecular flexibility index (Phi) is 6.06. The molecule has 3 rings (SSSR count). The fourth-order valence-corrected chi connectivity index (χ4v) is 3.53. The number of hydrogen-bond donors (Lipinski definition) is 1. The highest BCUT2D eigenvalue weighted by Crippen LogP contribution is 2.24. The van der Waals surface area contributed by atoms with Gasteiger partial charge in [-0.2, -0.15) is 0 Å². The zero-order valence-corrected chi connectivity index (χ0v) is 15.6. The Morgan fingerprint density at radius 3 is 2.70 bits per heavy atom. The summed E-state index contributed by atoms with van der Waals surface area (Å²) in [5.74, 6) is 0.532. The van der Waals surface area contributed by atoms with Gasteiger partial charge in [0.25, 0.3) is 5.91 Å². The van der Waals surface area contributed by atoms with Crippen LogP contribution in [0.3, 0.4) is 0 Å². The summed E-state index contributed by atoms with van der Waals surface area (Å²) in [6.45, 7) is 3.64. The first kappa shape index (κ1) is 18.2. The molecule has 0 radical (unpaired) electrons. The molecule has 2 unspecified atom stereocenters. The Hall–Kier alpha value is -1.10. The minimum absolute atomic E-state index is 0. The molecule has 0 bridgehead atoms. The fraction of sp³-hybridized carbons (Fsp3) is 0.389. The molecule has 1 aliphatic rings. The number of rotatable bonds is 2. The summed E-state index contributed by atoms with van der Waals surface area (Å²) in [4.78, 5) is 14.7. The van der Waals surface area contributed by atoms with Crippen LogP contribution in [0.25, 0.3) is 10.8 Å². The fourth-order valence-electron chi connectivity index (χ4n) is 3.16. The second-order valence-corrected chi connectivity index (χ2v) is 7.13. The SMILES string of the molecule is CC(N)C1CCCN(C(=O)c2ccc3cc(Br)ccc3c2)C1.Cl. The minimum Gasteiger partial charge on any atom is -0.338 e. The van der Waals surface area contributed by atoms with Gasteiger partial charge < -0.3 is 10.6 Å². The number of likely N-dealkylation sites (tertiary alicyclic amines) is 1. The molecule has 1 amide bonds. The molecular formula is C18H22BrClN2O. The first-order chi connectivity index (χ1) is 10.5. The predicted molar refractivity (Wildman–Crippen MR) is 101 cm³/mol. The van der Waals surface area contributed by atoms with Crippen LogP contribution in [-0.2, 0) is 0 Å². The molecule has 1 heterocycles. The Balaban J connectivity index is 0.00000192. The average Bonchev–Trinajstić information content (AvgIpc) is 2.53. The maximum atomic E-state index is 12.8. The van der Waals surface area contributed by atoms with Gasteiger partial charge in [-0.15, -0.1) is 12.4 Å². The molecule has 23 heavy (non-hydrogen) atoms. The summed E-state index contributed by atoms with van der Waals surface area (Å²) in [6, 6.07) is 12.2. The second kappa shape index (κ2) is 7.65. The highest BCUT2D eigenvalue weighted by atomic mass is 79.9. The molecule has 2 aromatic carbocycles. The number of benzene rings is 2. The van der Waals surface area contributed by atoms with Crippen LogP contribution >= 0.6 is 28.3 Å². The molecular weight excluding hydrogens is 376 g/mol. The lowest BCUT2D eigenvalue weighted by molar-refractivity contribution is 0.0661. The number of carbonyl (C=O) groups excluding carboxylic acids is 1. The summed E-state index contributed by atoms with van der Waals surface area (Å²) in [7, 11) is 0. The Morgan fingerprint density at radius 2 is 1.96 bits per heavy atom. The van der Waals surface area contributed by atoms with E-state index in [-0.39, 0.29) is 24.4 Å². The van der Waals surface area contributed by atoms with Crippen LogP contribution in [-0.4, -0.2) is 29.9 Å². The number of nitrogens with two attached hydrogens (primary N) is 1. The monoisotopic (exact) mass is 396 g/mol. The molecule has 5 heteroatoms. The highest BCUT2D eigenvalue weighted by Gasteiger charge is 2.26. The average molecular weight is 398 g/mol. The summed E-state index contributed by atoms with van der Waals surface area (Å²) < 4.78 is 1.05. The van der Waals surface area contributed by atoms with E-state index in [1.807, 2.05) is 42.2 Å². The molecule has 1 aliphatic heterocycles.